The molecule has 8 aromatic carbocycles. The Morgan fingerprint density at radius 1 is 0.426 bits per heavy atom. The van der Waals surface area contributed by atoms with Gasteiger partial charge in [0, 0.05) is 55.2 Å². The van der Waals surface area contributed by atoms with Gasteiger partial charge < -0.3 is 9.88 Å². The first-order valence-corrected chi connectivity index (χ1v) is 25.0. The van der Waals surface area contributed by atoms with Crippen molar-refractivity contribution in [2.45, 2.75) is 110 Å². The lowest BCUT2D eigenvalue weighted by Crippen LogP contribution is -2.38. The molecule has 68 heavy (non-hydrogen) atoms. The summed E-state index contributed by atoms with van der Waals surface area (Å²) >= 11 is 0. The van der Waals surface area contributed by atoms with Crippen LogP contribution in [0.1, 0.15) is 128 Å². The number of benzene rings is 8. The van der Waals surface area contributed by atoms with Crippen molar-refractivity contribution in [2.75, 3.05) is 5.32 Å². The summed E-state index contributed by atoms with van der Waals surface area (Å²) in [6.07, 6.45) is 0. The smallest absolute Gasteiger partial charge is 0.198 e. The molecule has 3 aliphatic carbocycles. The second kappa shape index (κ2) is 13.4. The van der Waals surface area contributed by atoms with E-state index in [1.807, 2.05) is 0 Å². The molecule has 3 heteroatoms. The van der Waals surface area contributed by atoms with Crippen molar-refractivity contribution in [2.24, 2.45) is 0 Å². The van der Waals surface area contributed by atoms with E-state index < -0.39 is 0 Å². The van der Waals surface area contributed by atoms with E-state index in [2.05, 4.69) is 232 Å². The number of nitrogens with zero attached hydrogens (tertiary/aromatic N) is 1. The number of fused-ring (bicyclic) bond motifs is 14. The van der Waals surface area contributed by atoms with E-state index in [9.17, 15) is 0 Å². The van der Waals surface area contributed by atoms with E-state index >= 15 is 0 Å². The Morgan fingerprint density at radius 2 is 0.956 bits per heavy atom. The van der Waals surface area contributed by atoms with Crippen molar-refractivity contribution in [3.8, 4) is 50.2 Å². The van der Waals surface area contributed by atoms with Crippen molar-refractivity contribution in [1.29, 1.82) is 0 Å². The van der Waals surface area contributed by atoms with E-state index in [-0.39, 0.29) is 27.1 Å². The molecule has 0 saturated carbocycles. The van der Waals surface area contributed by atoms with E-state index in [0.717, 1.165) is 18.7 Å². The first kappa shape index (κ1) is 41.6. The van der Waals surface area contributed by atoms with Gasteiger partial charge in [0.1, 0.15) is 0 Å². The third-order valence-corrected chi connectivity index (χ3v) is 17.1. The van der Waals surface area contributed by atoms with Crippen LogP contribution in [0.4, 0.5) is 11.4 Å². The molecule has 0 atom stereocenters. The second-order valence-corrected chi connectivity index (χ2v) is 24.3. The van der Waals surface area contributed by atoms with Gasteiger partial charge in [0.2, 0.25) is 0 Å². The monoisotopic (exact) mass is 880 g/mol. The minimum Gasteiger partial charge on any atom is -0.355 e. The molecule has 0 fully saturated rings. The molecule has 0 unspecified atom stereocenters. The van der Waals surface area contributed by atoms with E-state index in [1.165, 1.54) is 127 Å². The van der Waals surface area contributed by atoms with Crippen LogP contribution in [0.25, 0.3) is 72.0 Å². The number of rotatable bonds is 3. The third kappa shape index (κ3) is 5.54. The second-order valence-electron chi connectivity index (χ2n) is 24.3. The predicted molar refractivity (Wildman–Crippen MR) is 292 cm³/mol. The highest BCUT2D eigenvalue weighted by molar-refractivity contribution is 6.73. The summed E-state index contributed by atoms with van der Waals surface area (Å²) in [5, 5.41) is 6.71. The number of anilines is 2. The van der Waals surface area contributed by atoms with Crippen LogP contribution in [0.15, 0.2) is 140 Å². The molecule has 13 rings (SSSR count). The normalized spacial score (nSPS) is 16.1. The number of hydrogen-bond acceptors (Lipinski definition) is 1. The highest BCUT2D eigenvalue weighted by Gasteiger charge is 2.41. The molecule has 0 amide bonds. The quantitative estimate of drug-likeness (QED) is 0.175. The highest BCUT2D eigenvalue weighted by Crippen LogP contribution is 2.55. The van der Waals surface area contributed by atoms with Crippen LogP contribution >= 0.6 is 0 Å². The van der Waals surface area contributed by atoms with Gasteiger partial charge in [-0.05, 0) is 142 Å². The van der Waals surface area contributed by atoms with Gasteiger partial charge in [-0.1, -0.05) is 186 Å². The average molecular weight is 881 g/mol. The van der Waals surface area contributed by atoms with Gasteiger partial charge in [0.25, 0.3) is 0 Å². The zero-order chi connectivity index (χ0) is 47.2. The van der Waals surface area contributed by atoms with Crippen LogP contribution in [-0.4, -0.2) is 11.8 Å². The van der Waals surface area contributed by atoms with Crippen molar-refractivity contribution in [3.63, 3.8) is 0 Å². The van der Waals surface area contributed by atoms with Crippen LogP contribution < -0.4 is 16.2 Å². The van der Waals surface area contributed by atoms with Gasteiger partial charge in [-0.2, -0.15) is 0 Å². The molecule has 9 aromatic rings. The first-order chi connectivity index (χ1) is 32.2. The van der Waals surface area contributed by atoms with Crippen molar-refractivity contribution >= 4 is 51.4 Å². The Morgan fingerprint density at radius 3 is 1.62 bits per heavy atom. The largest absolute Gasteiger partial charge is 0.355 e. The van der Waals surface area contributed by atoms with Gasteiger partial charge >= 0.3 is 0 Å². The van der Waals surface area contributed by atoms with E-state index in [0.29, 0.717) is 0 Å². The maximum absolute atomic E-state index is 4.05. The summed E-state index contributed by atoms with van der Waals surface area (Å²) in [6.45, 7) is 28.4. The summed E-state index contributed by atoms with van der Waals surface area (Å²) in [6, 6.07) is 54.8. The van der Waals surface area contributed by atoms with Crippen molar-refractivity contribution in [1.82, 2.24) is 4.57 Å². The molecule has 0 radical (unpaired) electrons. The topological polar surface area (TPSA) is 17.0 Å². The van der Waals surface area contributed by atoms with Crippen LogP contribution in [0.2, 0.25) is 0 Å². The Balaban J connectivity index is 1.10. The highest BCUT2D eigenvalue weighted by atomic mass is 15.0. The Hall–Kier alpha value is -6.58. The maximum atomic E-state index is 4.05. The lowest BCUT2D eigenvalue weighted by molar-refractivity contribution is 0.584. The predicted octanol–water partition coefficient (Wildman–Crippen LogP) is 15.4. The van der Waals surface area contributed by atoms with Gasteiger partial charge in [-0.3, -0.25) is 0 Å². The fourth-order valence-corrected chi connectivity index (χ4v) is 13.2. The summed E-state index contributed by atoms with van der Waals surface area (Å²) in [7, 11) is 0.847. The zero-order valence-electron chi connectivity index (χ0n) is 41.9. The molecule has 4 aliphatic rings. The van der Waals surface area contributed by atoms with Crippen LogP contribution in [-0.2, 0) is 27.1 Å². The van der Waals surface area contributed by atoms with Crippen LogP contribution in [0.3, 0.4) is 0 Å². The average Bonchev–Trinajstić information content (AvgIpc) is 3.91. The summed E-state index contributed by atoms with van der Waals surface area (Å²) in [5.74, 6) is 0. The summed E-state index contributed by atoms with van der Waals surface area (Å²) in [4.78, 5) is 0. The Bertz CT molecular complexity index is 3710. The molecule has 1 aromatic heterocycles. The molecule has 0 saturated heterocycles. The maximum Gasteiger partial charge on any atom is 0.198 e. The van der Waals surface area contributed by atoms with Gasteiger partial charge in [0.05, 0.1) is 5.52 Å². The molecule has 1 aliphatic heterocycles. The minimum absolute atomic E-state index is 0.0568. The third-order valence-electron chi connectivity index (χ3n) is 17.1. The Labute approximate surface area is 403 Å². The fourth-order valence-electron chi connectivity index (χ4n) is 13.2. The lowest BCUT2D eigenvalue weighted by Gasteiger charge is -2.28. The molecular formula is C65H61BN2. The van der Waals surface area contributed by atoms with Crippen LogP contribution in [0, 0.1) is 0 Å². The summed E-state index contributed by atoms with van der Waals surface area (Å²) < 4.78 is 2.67. The van der Waals surface area contributed by atoms with Gasteiger partial charge in [-0.15, -0.1) is 0 Å². The molecule has 334 valence electrons. The lowest BCUT2D eigenvalue weighted by atomic mass is 9.58. The SMILES string of the molecule is CC(C)(C)c1ccc(Nc2cc3c(cc2-c2ccc4c5cc6c(cc5n5c4c2Bc2cc4c(cc2-5)-c2ccccc2C4(C)C)-c2ccccc2C6(C)C)-c2ccc(C(C)(C)C)cc2C3(C)C)cc1. The molecule has 0 bridgehead atoms. The standard InChI is InChI=1S/C65H61BN2/c1-61(2,3)36-21-24-38(25-22-36)67-56-35-54-44(41-26-23-37(62(4,5)6)29-51(41)65(54,11)12)30-47(56)42-27-28-43-48-31-52-45(39-17-13-15-19-49(39)63(52,7)8)32-57(48)68-58-33-46-40-18-14-16-20-50(40)64(9,10)53(46)34-55(58)66-59(42)60(43)68/h13-35,66-67H,1-12H3. The molecule has 2 nitrogen and oxygen atoms in total. The fraction of sp³-hybridized carbons (Fsp3) is 0.262. The van der Waals surface area contributed by atoms with Crippen molar-refractivity contribution < 1.29 is 0 Å². The van der Waals surface area contributed by atoms with E-state index in [1.54, 1.807) is 0 Å². The minimum atomic E-state index is -0.169. The molecule has 2 heterocycles. The summed E-state index contributed by atoms with van der Waals surface area (Å²) in [5.41, 5.74) is 30.6. The molecule has 1 N–H and O–H groups in total. The molecule has 0 spiro atoms. The van der Waals surface area contributed by atoms with Gasteiger partial charge in [-0.25, -0.2) is 0 Å². The first-order valence-electron chi connectivity index (χ1n) is 25.0. The number of aromatic nitrogens is 1. The number of nitrogens with one attached hydrogen (secondary N) is 1. The number of hydrogen-bond donors (Lipinski definition) is 1. The van der Waals surface area contributed by atoms with E-state index in [4.69, 9.17) is 0 Å². The van der Waals surface area contributed by atoms with Crippen LogP contribution in [0.5, 0.6) is 0 Å². The van der Waals surface area contributed by atoms with Crippen molar-refractivity contribution in [3.05, 3.63) is 184 Å². The Kier molecular flexibility index (Phi) is 8.17. The van der Waals surface area contributed by atoms with Gasteiger partial charge in [0.15, 0.2) is 7.28 Å². The zero-order valence-corrected chi connectivity index (χ0v) is 41.9. The molecular weight excluding hydrogens is 820 g/mol.